The zero-order chi connectivity index (χ0) is 32.0. The van der Waals surface area contributed by atoms with Crippen molar-refractivity contribution >= 4 is 5.97 Å². The summed E-state index contributed by atoms with van der Waals surface area (Å²) in [5.74, 6) is -10.1. The predicted octanol–water partition coefficient (Wildman–Crippen LogP) is 8.32. The maximum Gasteiger partial charge on any atom is 0.437 e. The van der Waals surface area contributed by atoms with E-state index in [-0.39, 0.29) is 38.0 Å². The molecule has 4 fully saturated rings. The van der Waals surface area contributed by atoms with Crippen molar-refractivity contribution < 1.29 is 67.3 Å². The van der Waals surface area contributed by atoms with Gasteiger partial charge in [0, 0.05) is 11.8 Å². The van der Waals surface area contributed by atoms with Crippen LogP contribution in [-0.2, 0) is 9.53 Å². The third-order valence-corrected chi connectivity index (χ3v) is 11.2. The molecule has 15 heteroatoms. The molecular weight excluding hydrogens is 612 g/mol. The average Bonchev–Trinajstić information content (AvgIpc) is 3.50. The summed E-state index contributed by atoms with van der Waals surface area (Å²) < 4.78 is 172. The number of hydrogen-bond donors (Lipinski definition) is 1. The van der Waals surface area contributed by atoms with Crippen LogP contribution in [0.2, 0.25) is 0 Å². The van der Waals surface area contributed by atoms with E-state index in [0.29, 0.717) is 6.42 Å². The van der Waals surface area contributed by atoms with Crippen molar-refractivity contribution in [3.63, 3.8) is 0 Å². The monoisotopic (exact) mass is 644 g/mol. The van der Waals surface area contributed by atoms with Gasteiger partial charge in [-0.15, -0.1) is 0 Å². The minimum Gasteiger partial charge on any atom is -0.439 e. The maximum atomic E-state index is 14.5. The van der Waals surface area contributed by atoms with Gasteiger partial charge in [0.25, 0.3) is 5.60 Å². The van der Waals surface area contributed by atoms with E-state index >= 15 is 0 Å². The van der Waals surface area contributed by atoms with Gasteiger partial charge < -0.3 is 9.84 Å². The second kappa shape index (κ2) is 10.4. The van der Waals surface area contributed by atoms with Crippen LogP contribution in [0, 0.1) is 53.3 Å². The molecule has 0 heterocycles. The van der Waals surface area contributed by atoms with E-state index in [9.17, 15) is 62.6 Å². The summed E-state index contributed by atoms with van der Waals surface area (Å²) in [5, 5.41) is 9.89. The number of hydrogen-bond acceptors (Lipinski definition) is 3. The molecule has 43 heavy (non-hydrogen) atoms. The molecule has 5 aliphatic carbocycles. The fraction of sp³-hybridized carbons (Fsp3) is 0.893. The quantitative estimate of drug-likeness (QED) is 0.190. The lowest BCUT2D eigenvalue weighted by Gasteiger charge is -2.53. The summed E-state index contributed by atoms with van der Waals surface area (Å²) in [6.45, 7) is 0. The van der Waals surface area contributed by atoms with Crippen LogP contribution in [0.1, 0.15) is 64.2 Å². The summed E-state index contributed by atoms with van der Waals surface area (Å²) in [7, 11) is 0. The first kappa shape index (κ1) is 32.7. The predicted molar refractivity (Wildman–Crippen MR) is 125 cm³/mol. The highest BCUT2D eigenvalue weighted by Gasteiger charge is 2.78. The molecule has 5 rings (SSSR count). The Morgan fingerprint density at radius 3 is 1.49 bits per heavy atom. The van der Waals surface area contributed by atoms with Crippen LogP contribution in [0.3, 0.4) is 0 Å². The lowest BCUT2D eigenvalue weighted by atomic mass is 9.54. The van der Waals surface area contributed by atoms with Crippen LogP contribution < -0.4 is 0 Å². The molecule has 0 spiro atoms. The molecule has 0 aromatic heterocycles. The molecule has 0 aliphatic heterocycles. The third-order valence-electron chi connectivity index (χ3n) is 11.2. The van der Waals surface area contributed by atoms with Gasteiger partial charge in [-0.25, -0.2) is 0 Å². The molecule has 3 nitrogen and oxygen atoms in total. The number of carbonyl (C=O) groups excluding carboxylic acids is 1. The van der Waals surface area contributed by atoms with Crippen LogP contribution in [0.4, 0.5) is 52.7 Å². The summed E-state index contributed by atoms with van der Waals surface area (Å²) >= 11 is 0. The highest BCUT2D eigenvalue weighted by atomic mass is 19.4. The second-order valence-electron chi connectivity index (χ2n) is 13.3. The van der Waals surface area contributed by atoms with Crippen LogP contribution in [0.5, 0.6) is 0 Å². The molecule has 1 N–H and O–H groups in total. The average molecular weight is 645 g/mol. The Balaban J connectivity index is 1.34. The number of allylic oxidation sites excluding steroid dienone is 2. The zero-order valence-corrected chi connectivity index (χ0v) is 22.7. The highest BCUT2D eigenvalue weighted by Crippen LogP contribution is 2.61. The molecule has 4 saturated carbocycles. The third kappa shape index (κ3) is 5.24. The van der Waals surface area contributed by atoms with E-state index in [1.54, 1.807) is 12.2 Å². The lowest BCUT2D eigenvalue weighted by Crippen LogP contribution is -2.65. The molecule has 2 bridgehead atoms. The van der Waals surface area contributed by atoms with Crippen LogP contribution in [0.25, 0.3) is 0 Å². The van der Waals surface area contributed by atoms with E-state index < -0.39 is 115 Å². The van der Waals surface area contributed by atoms with Crippen LogP contribution >= 0.6 is 0 Å². The smallest absolute Gasteiger partial charge is 0.437 e. The molecule has 0 aromatic carbocycles. The molecule has 246 valence electrons. The Morgan fingerprint density at radius 1 is 0.581 bits per heavy atom. The van der Waals surface area contributed by atoms with Crippen molar-refractivity contribution in [2.45, 2.75) is 100 Å². The number of rotatable bonds is 4. The molecule has 9 atom stereocenters. The van der Waals surface area contributed by atoms with Gasteiger partial charge in [-0.05, 0) is 99.7 Å². The van der Waals surface area contributed by atoms with Crippen LogP contribution in [0.15, 0.2) is 12.2 Å². The van der Waals surface area contributed by atoms with Gasteiger partial charge in [-0.2, -0.15) is 52.7 Å². The normalized spacial score (nSPS) is 37.2. The van der Waals surface area contributed by atoms with E-state index in [0.717, 1.165) is 0 Å². The Morgan fingerprint density at radius 2 is 1.07 bits per heavy atom. The summed E-state index contributed by atoms with van der Waals surface area (Å²) in [4.78, 5) is 12.9. The van der Waals surface area contributed by atoms with Crippen molar-refractivity contribution in [3.05, 3.63) is 12.2 Å². The molecule has 0 amide bonds. The first-order valence-electron chi connectivity index (χ1n) is 14.5. The van der Waals surface area contributed by atoms with Gasteiger partial charge in [0.1, 0.15) is 0 Å². The summed E-state index contributed by atoms with van der Waals surface area (Å²) in [5.41, 5.74) is -9.66. The Hall–Kier alpha value is -1.67. The second-order valence-corrected chi connectivity index (χ2v) is 13.3. The van der Waals surface area contributed by atoms with Gasteiger partial charge in [0.05, 0.1) is 5.92 Å². The molecule has 0 aromatic rings. The first-order valence-corrected chi connectivity index (χ1v) is 14.5. The molecule has 5 aliphatic rings. The van der Waals surface area contributed by atoms with Gasteiger partial charge in [-0.3, -0.25) is 4.79 Å². The Bertz CT molecular complexity index is 1060. The summed E-state index contributed by atoms with van der Waals surface area (Å²) in [6.07, 6.45) is -22.8. The van der Waals surface area contributed by atoms with Crippen molar-refractivity contribution in [3.8, 4) is 0 Å². The van der Waals surface area contributed by atoms with Crippen molar-refractivity contribution in [1.82, 2.24) is 0 Å². The summed E-state index contributed by atoms with van der Waals surface area (Å²) in [6, 6.07) is 0. The van der Waals surface area contributed by atoms with Gasteiger partial charge >= 0.3 is 36.3 Å². The number of aliphatic hydroxyl groups is 1. The molecule has 0 saturated heterocycles. The standard InChI is InChI=1S/C28H32F12O3/c29-25(30,31)23(42,26(32,33)34)19-5-3-14-10-18-12-20(6-4-15(18)9-17(14)11-19)24(27(35,36)37,28(38,39)40)43-22(41)21-8-13-1-2-16(21)7-13/h1-2,13-21,42H,3-12H2. The number of fused-ring (bicyclic) bond motifs is 4. The fourth-order valence-corrected chi connectivity index (χ4v) is 9.11. The largest absolute Gasteiger partial charge is 0.439 e. The molecular formula is C28H32F12O3. The minimum absolute atomic E-state index is 0.0337. The number of alkyl halides is 12. The highest BCUT2D eigenvalue weighted by molar-refractivity contribution is 5.75. The Kier molecular flexibility index (Phi) is 7.94. The SMILES string of the molecule is O=C(OC(C1CCC2CC3CC(C(O)(C(F)(F)F)C(F)(F)F)CCC3CC2C1)(C(F)(F)F)C(F)(F)F)C1CC2C=CC1C2. The van der Waals surface area contributed by atoms with Crippen molar-refractivity contribution in [2.24, 2.45) is 53.3 Å². The van der Waals surface area contributed by atoms with E-state index in [2.05, 4.69) is 4.74 Å². The first-order chi connectivity index (χ1) is 19.6. The molecule has 0 radical (unpaired) electrons. The van der Waals surface area contributed by atoms with E-state index in [1.807, 2.05) is 0 Å². The van der Waals surface area contributed by atoms with E-state index in [4.69, 9.17) is 0 Å². The van der Waals surface area contributed by atoms with Gasteiger partial charge in [-0.1, -0.05) is 12.2 Å². The number of esters is 1. The van der Waals surface area contributed by atoms with Gasteiger partial charge in [0.2, 0.25) is 0 Å². The van der Waals surface area contributed by atoms with Crippen molar-refractivity contribution in [1.29, 1.82) is 0 Å². The zero-order valence-electron chi connectivity index (χ0n) is 22.7. The maximum absolute atomic E-state index is 14.5. The minimum atomic E-state index is -5.99. The Labute approximate surface area is 239 Å². The molecule has 9 unspecified atom stereocenters. The number of ether oxygens (including phenoxy) is 1. The van der Waals surface area contributed by atoms with Crippen molar-refractivity contribution in [2.75, 3.05) is 0 Å². The lowest BCUT2D eigenvalue weighted by molar-refractivity contribution is -0.391. The van der Waals surface area contributed by atoms with Gasteiger partial charge in [0.15, 0.2) is 0 Å². The van der Waals surface area contributed by atoms with E-state index in [1.165, 1.54) is 0 Å². The fourth-order valence-electron chi connectivity index (χ4n) is 9.11. The number of halogens is 12. The number of carbonyl (C=O) groups is 1. The topological polar surface area (TPSA) is 46.5 Å². The van der Waals surface area contributed by atoms with Crippen LogP contribution in [-0.4, -0.2) is 47.0 Å².